The molecule has 2 heterocycles. The van der Waals surface area contributed by atoms with Crippen LogP contribution in [-0.2, 0) is 6.54 Å². The Kier molecular flexibility index (Phi) is 5.15. The highest BCUT2D eigenvalue weighted by molar-refractivity contribution is 7.13. The van der Waals surface area contributed by atoms with E-state index in [0.29, 0.717) is 18.5 Å². The standard InChI is InChI=1S/C17H22N2O3S/c1-11(2)14(5-6-20)18-8-13-9-23-17(19-13)12-3-4-15-16(7-12)22-10-21-15/h3-4,7,9,11,14,18,20H,5-6,8,10H2,1-2H3/t14-/m0/s1. The Morgan fingerprint density at radius 2 is 2.13 bits per heavy atom. The Hall–Kier alpha value is -1.63. The highest BCUT2D eigenvalue weighted by atomic mass is 32.1. The van der Waals surface area contributed by atoms with Gasteiger partial charge in [0.25, 0.3) is 0 Å². The van der Waals surface area contributed by atoms with Gasteiger partial charge in [0.15, 0.2) is 11.5 Å². The van der Waals surface area contributed by atoms with Gasteiger partial charge in [0.1, 0.15) is 5.01 Å². The average Bonchev–Trinajstić information content (AvgIpc) is 3.19. The third kappa shape index (κ3) is 3.83. The van der Waals surface area contributed by atoms with Crippen molar-refractivity contribution >= 4 is 11.3 Å². The van der Waals surface area contributed by atoms with Crippen LogP contribution in [0.5, 0.6) is 11.5 Å². The Bertz CT molecular complexity index is 657. The second-order valence-corrected chi connectivity index (χ2v) is 6.81. The first-order valence-corrected chi connectivity index (χ1v) is 8.74. The van der Waals surface area contributed by atoms with Gasteiger partial charge in [0.05, 0.1) is 5.69 Å². The predicted octanol–water partition coefficient (Wildman–Crippen LogP) is 3.04. The van der Waals surface area contributed by atoms with Gasteiger partial charge in [-0.05, 0) is 30.5 Å². The fourth-order valence-electron chi connectivity index (χ4n) is 2.60. The van der Waals surface area contributed by atoms with Crippen molar-refractivity contribution in [3.05, 3.63) is 29.3 Å². The zero-order valence-corrected chi connectivity index (χ0v) is 14.2. The van der Waals surface area contributed by atoms with E-state index in [1.807, 2.05) is 18.2 Å². The molecule has 0 radical (unpaired) electrons. The molecule has 0 bridgehead atoms. The van der Waals surface area contributed by atoms with Crippen molar-refractivity contribution in [2.45, 2.75) is 32.9 Å². The Morgan fingerprint density at radius 3 is 2.91 bits per heavy atom. The molecule has 1 aromatic heterocycles. The van der Waals surface area contributed by atoms with Crippen molar-refractivity contribution in [2.24, 2.45) is 5.92 Å². The third-order valence-electron chi connectivity index (χ3n) is 3.96. The predicted molar refractivity (Wildman–Crippen MR) is 90.8 cm³/mol. The lowest BCUT2D eigenvalue weighted by atomic mass is 10.0. The number of hydrogen-bond acceptors (Lipinski definition) is 6. The van der Waals surface area contributed by atoms with Gasteiger partial charge in [-0.3, -0.25) is 0 Å². The summed E-state index contributed by atoms with van der Waals surface area (Å²) in [5.41, 5.74) is 2.06. The van der Waals surface area contributed by atoms with Gasteiger partial charge in [-0.2, -0.15) is 0 Å². The molecule has 124 valence electrons. The minimum atomic E-state index is 0.204. The topological polar surface area (TPSA) is 63.6 Å². The minimum Gasteiger partial charge on any atom is -0.454 e. The van der Waals surface area contributed by atoms with Gasteiger partial charge in [0, 0.05) is 30.1 Å². The number of aliphatic hydroxyl groups is 1. The number of aromatic nitrogens is 1. The minimum absolute atomic E-state index is 0.204. The number of fused-ring (bicyclic) bond motifs is 1. The molecule has 2 aromatic rings. The molecule has 0 aliphatic carbocycles. The second-order valence-electron chi connectivity index (χ2n) is 5.96. The molecule has 1 aliphatic rings. The van der Waals surface area contributed by atoms with Gasteiger partial charge < -0.3 is 19.9 Å². The van der Waals surface area contributed by atoms with Gasteiger partial charge >= 0.3 is 0 Å². The number of thiazole rings is 1. The summed E-state index contributed by atoms with van der Waals surface area (Å²) in [6.45, 7) is 5.52. The van der Waals surface area contributed by atoms with Crippen molar-refractivity contribution in [3.8, 4) is 22.1 Å². The van der Waals surface area contributed by atoms with Crippen LogP contribution < -0.4 is 14.8 Å². The molecular weight excluding hydrogens is 312 g/mol. The molecule has 6 heteroatoms. The normalized spacial score (nSPS) is 14.4. The molecular formula is C17H22N2O3S. The summed E-state index contributed by atoms with van der Waals surface area (Å²) >= 11 is 1.62. The van der Waals surface area contributed by atoms with Crippen LogP contribution in [0.1, 0.15) is 26.0 Å². The largest absolute Gasteiger partial charge is 0.454 e. The summed E-state index contributed by atoms with van der Waals surface area (Å²) in [7, 11) is 0. The molecule has 2 N–H and O–H groups in total. The van der Waals surface area contributed by atoms with Crippen LogP contribution in [0.15, 0.2) is 23.6 Å². The first-order chi connectivity index (χ1) is 11.2. The second kappa shape index (κ2) is 7.29. The molecule has 23 heavy (non-hydrogen) atoms. The molecule has 1 aromatic carbocycles. The number of hydrogen-bond donors (Lipinski definition) is 2. The molecule has 5 nitrogen and oxygen atoms in total. The molecule has 0 saturated heterocycles. The molecule has 0 fully saturated rings. The zero-order chi connectivity index (χ0) is 16.2. The summed E-state index contributed by atoms with van der Waals surface area (Å²) in [5.74, 6) is 2.05. The van der Waals surface area contributed by atoms with Gasteiger partial charge in [-0.25, -0.2) is 4.98 Å². The summed E-state index contributed by atoms with van der Waals surface area (Å²) in [5, 5.41) is 15.7. The quantitative estimate of drug-likeness (QED) is 0.815. The van der Waals surface area contributed by atoms with E-state index in [1.165, 1.54) is 0 Å². The first-order valence-electron chi connectivity index (χ1n) is 7.86. The number of benzene rings is 1. The molecule has 0 unspecified atom stereocenters. The maximum Gasteiger partial charge on any atom is 0.231 e. The van der Waals surface area contributed by atoms with E-state index >= 15 is 0 Å². The molecule has 0 amide bonds. The molecule has 0 saturated carbocycles. The van der Waals surface area contributed by atoms with E-state index in [1.54, 1.807) is 11.3 Å². The van der Waals surface area contributed by atoms with E-state index < -0.39 is 0 Å². The fourth-order valence-corrected chi connectivity index (χ4v) is 3.41. The number of aliphatic hydroxyl groups excluding tert-OH is 1. The number of nitrogens with one attached hydrogen (secondary N) is 1. The van der Waals surface area contributed by atoms with Crippen LogP contribution in [0, 0.1) is 5.92 Å². The average molecular weight is 334 g/mol. The van der Waals surface area contributed by atoms with Gasteiger partial charge in [0.2, 0.25) is 6.79 Å². The molecule has 1 aliphatic heterocycles. The SMILES string of the molecule is CC(C)[C@H](CCO)NCc1csc(-c2ccc3c(c2)OCO3)n1. The smallest absolute Gasteiger partial charge is 0.231 e. The number of nitrogens with zero attached hydrogens (tertiary/aromatic N) is 1. The lowest BCUT2D eigenvalue weighted by Gasteiger charge is -2.20. The summed E-state index contributed by atoms with van der Waals surface area (Å²) < 4.78 is 10.8. The van der Waals surface area contributed by atoms with Crippen molar-refractivity contribution in [3.63, 3.8) is 0 Å². The molecule has 1 atom stereocenters. The molecule has 0 spiro atoms. The lowest BCUT2D eigenvalue weighted by Crippen LogP contribution is -2.34. The van der Waals surface area contributed by atoms with Crippen molar-refractivity contribution in [2.75, 3.05) is 13.4 Å². The maximum absolute atomic E-state index is 9.14. The highest BCUT2D eigenvalue weighted by Gasteiger charge is 2.16. The van der Waals surface area contributed by atoms with Gasteiger partial charge in [-0.15, -0.1) is 11.3 Å². The van der Waals surface area contributed by atoms with Crippen LogP contribution in [0.4, 0.5) is 0 Å². The summed E-state index contributed by atoms with van der Waals surface area (Å²) in [6.07, 6.45) is 0.761. The maximum atomic E-state index is 9.14. The Morgan fingerprint density at radius 1 is 1.30 bits per heavy atom. The highest BCUT2D eigenvalue weighted by Crippen LogP contribution is 2.36. The van der Waals surface area contributed by atoms with Crippen molar-refractivity contribution in [1.29, 1.82) is 0 Å². The monoisotopic (exact) mass is 334 g/mol. The van der Waals surface area contributed by atoms with Crippen LogP contribution >= 0.6 is 11.3 Å². The van der Waals surface area contributed by atoms with Crippen LogP contribution in [0.25, 0.3) is 10.6 Å². The van der Waals surface area contributed by atoms with Crippen molar-refractivity contribution < 1.29 is 14.6 Å². The van der Waals surface area contributed by atoms with Crippen LogP contribution in [0.3, 0.4) is 0 Å². The number of rotatable bonds is 7. The third-order valence-corrected chi connectivity index (χ3v) is 4.90. The zero-order valence-electron chi connectivity index (χ0n) is 13.4. The Balaban J connectivity index is 1.66. The Labute approximate surface area is 140 Å². The van der Waals surface area contributed by atoms with Crippen LogP contribution in [0.2, 0.25) is 0 Å². The lowest BCUT2D eigenvalue weighted by molar-refractivity contribution is 0.174. The fraction of sp³-hybridized carbons (Fsp3) is 0.471. The van der Waals surface area contributed by atoms with E-state index in [4.69, 9.17) is 19.6 Å². The van der Waals surface area contributed by atoms with E-state index in [9.17, 15) is 0 Å². The first kappa shape index (κ1) is 16.2. The van der Waals surface area contributed by atoms with Crippen molar-refractivity contribution in [1.82, 2.24) is 10.3 Å². The summed E-state index contributed by atoms with van der Waals surface area (Å²) in [6, 6.07) is 6.20. The summed E-state index contributed by atoms with van der Waals surface area (Å²) in [4.78, 5) is 4.69. The van der Waals surface area contributed by atoms with Crippen LogP contribution in [-0.4, -0.2) is 29.5 Å². The van der Waals surface area contributed by atoms with E-state index in [2.05, 4.69) is 24.5 Å². The molecule has 3 rings (SSSR count). The van der Waals surface area contributed by atoms with Gasteiger partial charge in [-0.1, -0.05) is 13.8 Å². The van der Waals surface area contributed by atoms with E-state index in [0.717, 1.165) is 34.2 Å². The van der Waals surface area contributed by atoms with E-state index in [-0.39, 0.29) is 13.4 Å². The number of ether oxygens (including phenoxy) is 2.